The summed E-state index contributed by atoms with van der Waals surface area (Å²) in [5.74, 6) is 0.179. The summed E-state index contributed by atoms with van der Waals surface area (Å²) in [6.07, 6.45) is 2.01. The molecular weight excluding hydrogens is 332 g/mol. The molecule has 0 radical (unpaired) electrons. The van der Waals surface area contributed by atoms with Gasteiger partial charge in [0.2, 0.25) is 5.91 Å². The summed E-state index contributed by atoms with van der Waals surface area (Å²) in [5.41, 5.74) is 4.42. The Bertz CT molecular complexity index is 722. The Balaban J connectivity index is 1.62. The lowest BCUT2D eigenvalue weighted by Gasteiger charge is -2.32. The fourth-order valence-corrected chi connectivity index (χ4v) is 3.62. The smallest absolute Gasteiger partial charge is 0.228 e. The number of anilines is 1. The minimum Gasteiger partial charge on any atom is -0.325 e. The Kier molecular flexibility index (Phi) is 5.77. The second kappa shape index (κ2) is 8.03. The lowest BCUT2D eigenvalue weighted by molar-refractivity contribution is -0.121. The lowest BCUT2D eigenvalue weighted by Crippen LogP contribution is -2.40. The average molecular weight is 357 g/mol. The van der Waals surface area contributed by atoms with Crippen molar-refractivity contribution in [3.05, 3.63) is 64.2 Å². The van der Waals surface area contributed by atoms with Crippen molar-refractivity contribution < 1.29 is 4.79 Å². The number of amides is 1. The highest BCUT2D eigenvalue weighted by Crippen LogP contribution is 2.24. The molecule has 1 amide bonds. The van der Waals surface area contributed by atoms with Gasteiger partial charge in [0.15, 0.2) is 0 Å². The Hall–Kier alpha value is -1.84. The van der Waals surface area contributed by atoms with Crippen LogP contribution in [0.2, 0.25) is 5.02 Å². The minimum atomic E-state index is 0.0417. The second-order valence-corrected chi connectivity index (χ2v) is 7.39. The molecule has 1 aliphatic heterocycles. The molecule has 3 nitrogen and oxygen atoms in total. The van der Waals surface area contributed by atoms with Crippen molar-refractivity contribution >= 4 is 23.2 Å². The maximum absolute atomic E-state index is 12.8. The number of nitrogens with one attached hydrogen (secondary N) is 1. The van der Waals surface area contributed by atoms with Crippen LogP contribution < -0.4 is 5.32 Å². The van der Waals surface area contributed by atoms with Crippen LogP contribution in [0.5, 0.6) is 0 Å². The van der Waals surface area contributed by atoms with E-state index in [0.717, 1.165) is 54.3 Å². The van der Waals surface area contributed by atoms with Gasteiger partial charge in [0.1, 0.15) is 0 Å². The monoisotopic (exact) mass is 356 g/mol. The number of benzene rings is 2. The van der Waals surface area contributed by atoms with E-state index in [-0.39, 0.29) is 11.8 Å². The normalized spacial score (nSPS) is 18.1. The number of hydrogen-bond acceptors (Lipinski definition) is 2. The third kappa shape index (κ3) is 4.62. The van der Waals surface area contributed by atoms with Gasteiger partial charge in [-0.25, -0.2) is 0 Å². The van der Waals surface area contributed by atoms with Gasteiger partial charge in [-0.1, -0.05) is 41.9 Å². The first-order valence-electron chi connectivity index (χ1n) is 8.87. The zero-order valence-corrected chi connectivity index (χ0v) is 15.6. The molecule has 0 unspecified atom stereocenters. The van der Waals surface area contributed by atoms with E-state index in [9.17, 15) is 4.79 Å². The third-order valence-corrected chi connectivity index (χ3v) is 5.18. The first kappa shape index (κ1) is 18.0. The van der Waals surface area contributed by atoms with Gasteiger partial charge in [-0.05, 0) is 62.1 Å². The number of aryl methyl sites for hydroxylation is 2. The van der Waals surface area contributed by atoms with E-state index in [2.05, 4.69) is 22.3 Å². The number of halogens is 1. The molecular formula is C21H25ClN2O. The predicted molar refractivity (Wildman–Crippen MR) is 104 cm³/mol. The molecule has 3 rings (SSSR count). The summed E-state index contributed by atoms with van der Waals surface area (Å²) in [4.78, 5) is 15.1. The topological polar surface area (TPSA) is 32.3 Å². The average Bonchev–Trinajstić information content (AvgIpc) is 2.60. The van der Waals surface area contributed by atoms with E-state index in [0.29, 0.717) is 0 Å². The van der Waals surface area contributed by atoms with Crippen molar-refractivity contribution in [3.63, 3.8) is 0 Å². The molecule has 1 atom stereocenters. The number of nitrogens with zero attached hydrogens (tertiary/aromatic N) is 1. The number of likely N-dealkylation sites (tertiary alicyclic amines) is 1. The van der Waals surface area contributed by atoms with Crippen LogP contribution in [0.3, 0.4) is 0 Å². The minimum absolute atomic E-state index is 0.0417. The fourth-order valence-electron chi connectivity index (χ4n) is 3.50. The Morgan fingerprint density at radius 2 is 1.84 bits per heavy atom. The van der Waals surface area contributed by atoms with E-state index >= 15 is 0 Å². The summed E-state index contributed by atoms with van der Waals surface area (Å²) in [7, 11) is 0. The van der Waals surface area contributed by atoms with Gasteiger partial charge in [-0.3, -0.25) is 9.69 Å². The van der Waals surface area contributed by atoms with Gasteiger partial charge in [0.05, 0.1) is 5.92 Å². The van der Waals surface area contributed by atoms with Crippen LogP contribution in [-0.2, 0) is 11.3 Å². The largest absolute Gasteiger partial charge is 0.325 e. The molecule has 2 aromatic rings. The summed E-state index contributed by atoms with van der Waals surface area (Å²) in [5, 5.41) is 3.91. The summed E-state index contributed by atoms with van der Waals surface area (Å²) in [6, 6.07) is 14.1. The summed E-state index contributed by atoms with van der Waals surface area (Å²) < 4.78 is 0. The molecule has 0 spiro atoms. The van der Waals surface area contributed by atoms with Gasteiger partial charge in [0, 0.05) is 23.8 Å². The van der Waals surface area contributed by atoms with Crippen LogP contribution in [0.4, 0.5) is 5.69 Å². The molecule has 132 valence electrons. The molecule has 25 heavy (non-hydrogen) atoms. The SMILES string of the molecule is Cc1cccc(C)c1NC(=O)[C@H]1CCCN(Cc2ccc(Cl)cc2)C1. The van der Waals surface area contributed by atoms with Crippen molar-refractivity contribution in [2.75, 3.05) is 18.4 Å². The number of carbonyl (C=O) groups excluding carboxylic acids is 1. The van der Waals surface area contributed by atoms with Crippen LogP contribution >= 0.6 is 11.6 Å². The van der Waals surface area contributed by atoms with Gasteiger partial charge in [-0.15, -0.1) is 0 Å². The number of piperidine rings is 1. The van der Waals surface area contributed by atoms with E-state index in [4.69, 9.17) is 11.6 Å². The van der Waals surface area contributed by atoms with E-state index in [1.807, 2.05) is 44.2 Å². The molecule has 0 aromatic heterocycles. The molecule has 2 aromatic carbocycles. The van der Waals surface area contributed by atoms with Crippen LogP contribution in [0.1, 0.15) is 29.5 Å². The molecule has 1 N–H and O–H groups in total. The Morgan fingerprint density at radius 3 is 2.52 bits per heavy atom. The molecule has 1 aliphatic rings. The maximum atomic E-state index is 12.8. The van der Waals surface area contributed by atoms with Crippen LogP contribution in [0.15, 0.2) is 42.5 Å². The van der Waals surface area contributed by atoms with E-state index < -0.39 is 0 Å². The van der Waals surface area contributed by atoms with Crippen molar-refractivity contribution in [1.29, 1.82) is 0 Å². The standard InChI is InChI=1S/C21H25ClN2O/c1-15-5-3-6-16(2)20(15)23-21(25)18-7-4-12-24(14-18)13-17-8-10-19(22)11-9-17/h3,5-6,8-11,18H,4,7,12-14H2,1-2H3,(H,23,25)/t18-/m0/s1. The van der Waals surface area contributed by atoms with E-state index in [1.54, 1.807) is 0 Å². The summed E-state index contributed by atoms with van der Waals surface area (Å²) >= 11 is 5.96. The number of rotatable bonds is 4. The molecule has 0 saturated carbocycles. The van der Waals surface area contributed by atoms with Crippen molar-refractivity contribution in [2.24, 2.45) is 5.92 Å². The van der Waals surface area contributed by atoms with Crippen molar-refractivity contribution in [2.45, 2.75) is 33.2 Å². The van der Waals surface area contributed by atoms with Crippen molar-refractivity contribution in [3.8, 4) is 0 Å². The molecule has 1 heterocycles. The van der Waals surface area contributed by atoms with Gasteiger partial charge in [0.25, 0.3) is 0 Å². The Labute approximate surface area is 155 Å². The highest BCUT2D eigenvalue weighted by molar-refractivity contribution is 6.30. The lowest BCUT2D eigenvalue weighted by atomic mass is 9.96. The highest BCUT2D eigenvalue weighted by Gasteiger charge is 2.26. The first-order valence-corrected chi connectivity index (χ1v) is 9.24. The quantitative estimate of drug-likeness (QED) is 0.852. The van der Waals surface area contributed by atoms with Crippen LogP contribution in [-0.4, -0.2) is 23.9 Å². The predicted octanol–water partition coefficient (Wildman–Crippen LogP) is 4.81. The molecule has 0 bridgehead atoms. The zero-order valence-electron chi connectivity index (χ0n) is 14.9. The van der Waals surface area contributed by atoms with Gasteiger partial charge < -0.3 is 5.32 Å². The van der Waals surface area contributed by atoms with Gasteiger partial charge in [-0.2, -0.15) is 0 Å². The van der Waals surface area contributed by atoms with E-state index in [1.165, 1.54) is 5.56 Å². The number of carbonyl (C=O) groups is 1. The number of para-hydroxylation sites is 1. The maximum Gasteiger partial charge on any atom is 0.228 e. The fraction of sp³-hybridized carbons (Fsp3) is 0.381. The summed E-state index contributed by atoms with van der Waals surface area (Å²) in [6.45, 7) is 6.78. The third-order valence-electron chi connectivity index (χ3n) is 4.93. The number of hydrogen-bond donors (Lipinski definition) is 1. The van der Waals surface area contributed by atoms with Crippen molar-refractivity contribution in [1.82, 2.24) is 4.90 Å². The molecule has 1 saturated heterocycles. The molecule has 4 heteroatoms. The van der Waals surface area contributed by atoms with Crippen LogP contribution in [0, 0.1) is 19.8 Å². The molecule has 1 fully saturated rings. The highest BCUT2D eigenvalue weighted by atomic mass is 35.5. The second-order valence-electron chi connectivity index (χ2n) is 6.96. The first-order chi connectivity index (χ1) is 12.0. The Morgan fingerprint density at radius 1 is 1.16 bits per heavy atom. The zero-order chi connectivity index (χ0) is 17.8. The van der Waals surface area contributed by atoms with Gasteiger partial charge >= 0.3 is 0 Å². The molecule has 0 aliphatic carbocycles. The van der Waals surface area contributed by atoms with Crippen LogP contribution in [0.25, 0.3) is 0 Å².